The molecule has 5 rings (SSSR count). The minimum absolute atomic E-state index is 0.0330. The summed E-state index contributed by atoms with van der Waals surface area (Å²) in [5, 5.41) is 13.2. The lowest BCUT2D eigenvalue weighted by atomic mass is 9.95. The highest BCUT2D eigenvalue weighted by Crippen LogP contribution is 2.39. The molecule has 3 N–H and O–H groups in total. The zero-order valence-corrected chi connectivity index (χ0v) is 17.3. The number of hydrogen-bond donors (Lipinski definition) is 3. The lowest BCUT2D eigenvalue weighted by Gasteiger charge is -2.18. The van der Waals surface area contributed by atoms with E-state index in [1.807, 2.05) is 47.5 Å². The molecule has 5 heteroatoms. The largest absolute Gasteiger partial charge is 0.395 e. The van der Waals surface area contributed by atoms with Gasteiger partial charge in [0.1, 0.15) is 0 Å². The Morgan fingerprint density at radius 1 is 1.00 bits per heavy atom. The SMILES string of the molecule is O=C(c1ccc(CNCCO)cc1)N1CCc2c(-c3cccc4[nH]ccc34)cccc21. The summed E-state index contributed by atoms with van der Waals surface area (Å²) >= 11 is 0. The highest BCUT2D eigenvalue weighted by atomic mass is 16.3. The van der Waals surface area contributed by atoms with Crippen molar-refractivity contribution in [3.05, 3.63) is 89.6 Å². The van der Waals surface area contributed by atoms with Crippen LogP contribution in [0.1, 0.15) is 21.5 Å². The average Bonchev–Trinajstić information content (AvgIpc) is 3.46. The zero-order valence-electron chi connectivity index (χ0n) is 17.3. The first-order chi connectivity index (χ1) is 15.3. The van der Waals surface area contributed by atoms with Crippen LogP contribution in [0.2, 0.25) is 0 Å². The van der Waals surface area contributed by atoms with Gasteiger partial charge in [-0.2, -0.15) is 0 Å². The molecule has 1 aliphatic heterocycles. The fraction of sp³-hybridized carbons (Fsp3) is 0.192. The van der Waals surface area contributed by atoms with Crippen LogP contribution in [0.5, 0.6) is 0 Å². The van der Waals surface area contributed by atoms with E-state index in [0.29, 0.717) is 25.2 Å². The number of aromatic nitrogens is 1. The number of nitrogens with one attached hydrogen (secondary N) is 2. The maximum atomic E-state index is 13.3. The first-order valence-electron chi connectivity index (χ1n) is 10.7. The molecule has 0 saturated carbocycles. The van der Waals surface area contributed by atoms with E-state index in [1.165, 1.54) is 22.1 Å². The topological polar surface area (TPSA) is 68.4 Å². The Bertz CT molecular complexity index is 1230. The van der Waals surface area contributed by atoms with Crippen LogP contribution in [0.15, 0.2) is 72.9 Å². The van der Waals surface area contributed by atoms with E-state index in [-0.39, 0.29) is 12.5 Å². The second-order valence-electron chi connectivity index (χ2n) is 7.85. The van der Waals surface area contributed by atoms with Crippen LogP contribution in [0.25, 0.3) is 22.0 Å². The Balaban J connectivity index is 1.43. The molecule has 4 aromatic rings. The molecule has 0 bridgehead atoms. The monoisotopic (exact) mass is 411 g/mol. The Kier molecular flexibility index (Phi) is 5.28. The third-order valence-corrected chi connectivity index (χ3v) is 5.98. The van der Waals surface area contributed by atoms with Crippen LogP contribution in [0.3, 0.4) is 0 Å². The molecule has 1 amide bonds. The van der Waals surface area contributed by atoms with Gasteiger partial charge in [-0.3, -0.25) is 4.79 Å². The van der Waals surface area contributed by atoms with Crippen molar-refractivity contribution in [2.45, 2.75) is 13.0 Å². The van der Waals surface area contributed by atoms with Gasteiger partial charge in [0.25, 0.3) is 5.91 Å². The fourth-order valence-electron chi connectivity index (χ4n) is 4.45. The minimum Gasteiger partial charge on any atom is -0.395 e. The molecule has 0 fully saturated rings. The van der Waals surface area contributed by atoms with E-state index in [2.05, 4.69) is 40.6 Å². The number of H-pyrrole nitrogens is 1. The Labute approximate surface area is 181 Å². The molecule has 0 radical (unpaired) electrons. The van der Waals surface area contributed by atoms with Gasteiger partial charge in [-0.15, -0.1) is 0 Å². The summed E-state index contributed by atoms with van der Waals surface area (Å²) in [4.78, 5) is 18.5. The number of rotatable bonds is 6. The summed E-state index contributed by atoms with van der Waals surface area (Å²) in [6, 6.07) is 22.4. The van der Waals surface area contributed by atoms with Crippen molar-refractivity contribution < 1.29 is 9.90 Å². The molecule has 3 aromatic carbocycles. The highest BCUT2D eigenvalue weighted by Gasteiger charge is 2.28. The van der Waals surface area contributed by atoms with E-state index >= 15 is 0 Å². The van der Waals surface area contributed by atoms with Crippen LogP contribution < -0.4 is 10.2 Å². The molecule has 5 nitrogen and oxygen atoms in total. The standard InChI is InChI=1S/C26H25N3O2/c30-16-14-27-17-18-7-9-19(10-8-18)26(31)29-15-12-23-21(4-2-6-25(23)29)20-3-1-5-24-22(20)11-13-28-24/h1-11,13,27-28,30H,12,14-17H2. The summed E-state index contributed by atoms with van der Waals surface area (Å²) in [5.41, 5.74) is 7.53. The second-order valence-corrected chi connectivity index (χ2v) is 7.85. The lowest BCUT2D eigenvalue weighted by Crippen LogP contribution is -2.28. The van der Waals surface area contributed by atoms with Crippen molar-refractivity contribution in [2.75, 3.05) is 24.6 Å². The maximum Gasteiger partial charge on any atom is 0.258 e. The summed E-state index contributed by atoms with van der Waals surface area (Å²) in [5.74, 6) is 0.0330. The quantitative estimate of drug-likeness (QED) is 0.418. The molecule has 2 heterocycles. The molecule has 31 heavy (non-hydrogen) atoms. The Morgan fingerprint density at radius 2 is 1.81 bits per heavy atom. The van der Waals surface area contributed by atoms with Gasteiger partial charge in [-0.1, -0.05) is 36.4 Å². The van der Waals surface area contributed by atoms with Gasteiger partial charge in [0.15, 0.2) is 0 Å². The minimum atomic E-state index is 0.0330. The Hall–Kier alpha value is -3.41. The molecule has 0 saturated heterocycles. The predicted molar refractivity (Wildman–Crippen MR) is 124 cm³/mol. The number of hydrogen-bond acceptors (Lipinski definition) is 3. The highest BCUT2D eigenvalue weighted by molar-refractivity contribution is 6.08. The maximum absolute atomic E-state index is 13.3. The van der Waals surface area contributed by atoms with E-state index in [4.69, 9.17) is 5.11 Å². The molecule has 0 spiro atoms. The molecular formula is C26H25N3O2. The van der Waals surface area contributed by atoms with Crippen molar-refractivity contribution in [1.82, 2.24) is 10.3 Å². The van der Waals surface area contributed by atoms with Gasteiger partial charge in [-0.05, 0) is 59.0 Å². The van der Waals surface area contributed by atoms with Gasteiger partial charge < -0.3 is 20.3 Å². The smallest absolute Gasteiger partial charge is 0.258 e. The van der Waals surface area contributed by atoms with Gasteiger partial charge in [0.2, 0.25) is 0 Å². The number of anilines is 1. The molecule has 156 valence electrons. The van der Waals surface area contributed by atoms with E-state index in [0.717, 1.165) is 23.2 Å². The lowest BCUT2D eigenvalue weighted by molar-refractivity contribution is 0.0989. The molecule has 1 aromatic heterocycles. The molecule has 0 atom stereocenters. The predicted octanol–water partition coefficient (Wildman–Crippen LogP) is 4.12. The van der Waals surface area contributed by atoms with Crippen molar-refractivity contribution in [1.29, 1.82) is 0 Å². The number of aromatic amines is 1. The van der Waals surface area contributed by atoms with Gasteiger partial charge in [0, 0.05) is 48.0 Å². The number of benzene rings is 3. The van der Waals surface area contributed by atoms with Crippen LogP contribution in [0.4, 0.5) is 5.69 Å². The third kappa shape index (κ3) is 3.63. The normalized spacial score (nSPS) is 13.0. The van der Waals surface area contributed by atoms with Crippen LogP contribution in [-0.4, -0.2) is 35.7 Å². The van der Waals surface area contributed by atoms with Gasteiger partial charge >= 0.3 is 0 Å². The summed E-state index contributed by atoms with van der Waals surface area (Å²) in [7, 11) is 0. The van der Waals surface area contributed by atoms with Gasteiger partial charge in [-0.25, -0.2) is 0 Å². The first-order valence-corrected chi connectivity index (χ1v) is 10.7. The molecule has 0 aliphatic carbocycles. The van der Waals surface area contributed by atoms with E-state index < -0.39 is 0 Å². The van der Waals surface area contributed by atoms with Crippen LogP contribution >= 0.6 is 0 Å². The number of aliphatic hydroxyl groups is 1. The molecule has 0 unspecified atom stereocenters. The van der Waals surface area contributed by atoms with Crippen molar-refractivity contribution in [3.8, 4) is 11.1 Å². The third-order valence-electron chi connectivity index (χ3n) is 5.98. The summed E-state index contributed by atoms with van der Waals surface area (Å²) < 4.78 is 0. The zero-order chi connectivity index (χ0) is 21.2. The number of carbonyl (C=O) groups is 1. The molecular weight excluding hydrogens is 386 g/mol. The second kappa shape index (κ2) is 8.38. The number of amides is 1. The van der Waals surface area contributed by atoms with Crippen LogP contribution in [0, 0.1) is 0 Å². The van der Waals surface area contributed by atoms with Crippen LogP contribution in [-0.2, 0) is 13.0 Å². The number of nitrogens with zero attached hydrogens (tertiary/aromatic N) is 1. The number of aliphatic hydroxyl groups excluding tert-OH is 1. The van der Waals surface area contributed by atoms with Crippen molar-refractivity contribution >= 4 is 22.5 Å². The summed E-state index contributed by atoms with van der Waals surface area (Å²) in [6.45, 7) is 2.04. The van der Waals surface area contributed by atoms with Crippen molar-refractivity contribution in [2.24, 2.45) is 0 Å². The Morgan fingerprint density at radius 3 is 2.65 bits per heavy atom. The molecule has 1 aliphatic rings. The number of fused-ring (bicyclic) bond motifs is 2. The average molecular weight is 412 g/mol. The number of carbonyl (C=O) groups excluding carboxylic acids is 1. The van der Waals surface area contributed by atoms with E-state index in [1.54, 1.807) is 0 Å². The van der Waals surface area contributed by atoms with Gasteiger partial charge in [0.05, 0.1) is 6.61 Å². The first kappa shape index (κ1) is 19.5. The van der Waals surface area contributed by atoms with Crippen molar-refractivity contribution in [3.63, 3.8) is 0 Å². The van der Waals surface area contributed by atoms with E-state index in [9.17, 15) is 4.79 Å². The fourth-order valence-corrected chi connectivity index (χ4v) is 4.45. The summed E-state index contributed by atoms with van der Waals surface area (Å²) in [6.07, 6.45) is 2.82.